The Kier molecular flexibility index (Phi) is 13.1. The van der Waals surface area contributed by atoms with Crippen LogP contribution in [0.2, 0.25) is 0 Å². The summed E-state index contributed by atoms with van der Waals surface area (Å²) in [5.74, 6) is 7.60. The molecule has 2 atom stereocenters. The van der Waals surface area contributed by atoms with Crippen molar-refractivity contribution in [3.8, 4) is 11.8 Å². The first-order valence-corrected chi connectivity index (χ1v) is 28.8. The van der Waals surface area contributed by atoms with E-state index in [2.05, 4.69) is 305 Å². The van der Waals surface area contributed by atoms with E-state index in [0.29, 0.717) is 11.8 Å². The number of fused-ring (bicyclic) bond motifs is 6. The van der Waals surface area contributed by atoms with E-state index in [1.165, 1.54) is 123 Å². The number of benzene rings is 7. The molecule has 80 heavy (non-hydrogen) atoms. The summed E-state index contributed by atoms with van der Waals surface area (Å²) < 4.78 is 0. The van der Waals surface area contributed by atoms with Crippen LogP contribution in [0, 0.1) is 45.5 Å². The molecule has 0 bridgehead atoms. The van der Waals surface area contributed by atoms with Crippen LogP contribution in [0.4, 0.5) is 22.7 Å². The maximum Gasteiger partial charge on any atom is 0.0461 e. The third kappa shape index (κ3) is 9.31. The van der Waals surface area contributed by atoms with E-state index < -0.39 is 0 Å². The van der Waals surface area contributed by atoms with Crippen molar-refractivity contribution in [1.82, 2.24) is 0 Å². The zero-order valence-corrected chi connectivity index (χ0v) is 48.7. The highest BCUT2D eigenvalue weighted by Crippen LogP contribution is 2.56. The number of hydrogen-bond donors (Lipinski definition) is 0. The quantitative estimate of drug-likeness (QED) is 0.0765. The molecule has 0 spiro atoms. The number of hydrogen-bond acceptors (Lipinski definition) is 2. The largest absolute Gasteiger partial charge is 0.314 e. The molecule has 0 aliphatic heterocycles. The Morgan fingerprint density at radius 3 is 1.66 bits per heavy atom. The average molecular weight is 1040 g/mol. The van der Waals surface area contributed by atoms with Crippen LogP contribution in [0.25, 0.3) is 23.3 Å². The Bertz CT molecular complexity index is 3860. The lowest BCUT2D eigenvalue weighted by molar-refractivity contribution is 0.392. The molecule has 2 nitrogen and oxygen atoms in total. The standard InChI is InChI=1S/C78H74N2/c1-50(13-23-56-27-41-67-69-43-37-63(48-74(69)77(9,10)72(67)46-56)79(59-29-14-51(2)15-30-59)60-31-16-52(3)17-32-60)22-39-65-55(6)76(7,8)71-45-57(26-40-66(65)71)24-25-58-28-42-68-70-44-38-64(49-75(70)78(11,12)73(68)47-58)80(61-33-18-53(4)19-34-61)62-35-20-54(5)21-36-62/h14-22,24-36,38-42,44-49,70,75H,1,37,43H2,2-12H3/b25-24+,39-22-. The minimum Gasteiger partial charge on any atom is -0.314 e. The van der Waals surface area contributed by atoms with Crippen LogP contribution >= 0.6 is 0 Å². The summed E-state index contributed by atoms with van der Waals surface area (Å²) in [7, 11) is 0. The van der Waals surface area contributed by atoms with Gasteiger partial charge in [0.25, 0.3) is 0 Å². The van der Waals surface area contributed by atoms with Crippen molar-refractivity contribution in [3.05, 3.63) is 295 Å². The Morgan fingerprint density at radius 1 is 0.550 bits per heavy atom. The van der Waals surface area contributed by atoms with Crippen LogP contribution in [0.5, 0.6) is 0 Å². The first-order chi connectivity index (χ1) is 38.3. The molecule has 396 valence electrons. The summed E-state index contributed by atoms with van der Waals surface area (Å²) >= 11 is 0. The van der Waals surface area contributed by atoms with E-state index in [-0.39, 0.29) is 16.2 Å². The summed E-state index contributed by atoms with van der Waals surface area (Å²) in [5.41, 5.74) is 30.0. The normalized spacial score (nSPS) is 18.7. The molecule has 0 amide bonds. The topological polar surface area (TPSA) is 6.48 Å². The predicted molar refractivity (Wildman–Crippen MR) is 342 cm³/mol. The van der Waals surface area contributed by atoms with E-state index in [1.54, 1.807) is 0 Å². The summed E-state index contributed by atoms with van der Waals surface area (Å²) in [6.07, 6.45) is 20.7. The first kappa shape index (κ1) is 52.3. The molecule has 7 aromatic rings. The van der Waals surface area contributed by atoms with Gasteiger partial charge in [-0.25, -0.2) is 0 Å². The van der Waals surface area contributed by atoms with Crippen molar-refractivity contribution in [2.75, 3.05) is 9.80 Å². The second kappa shape index (κ2) is 20.1. The van der Waals surface area contributed by atoms with Gasteiger partial charge in [0.05, 0.1) is 0 Å². The maximum atomic E-state index is 4.43. The van der Waals surface area contributed by atoms with Crippen molar-refractivity contribution in [1.29, 1.82) is 0 Å². The van der Waals surface area contributed by atoms with Crippen LogP contribution in [0.3, 0.4) is 0 Å². The molecule has 0 fully saturated rings. The Hall–Kier alpha value is -8.38. The van der Waals surface area contributed by atoms with Crippen molar-refractivity contribution in [2.24, 2.45) is 5.92 Å². The fourth-order valence-corrected chi connectivity index (χ4v) is 13.4. The molecular weight excluding hydrogens is 965 g/mol. The molecule has 7 aromatic carbocycles. The van der Waals surface area contributed by atoms with Gasteiger partial charge in [-0.1, -0.05) is 209 Å². The van der Waals surface area contributed by atoms with Gasteiger partial charge in [0, 0.05) is 62.0 Å². The molecule has 12 rings (SSSR count). The molecular formula is C78H74N2. The smallest absolute Gasteiger partial charge is 0.0461 e. The maximum absolute atomic E-state index is 4.43. The number of rotatable bonds is 10. The summed E-state index contributed by atoms with van der Waals surface area (Å²) in [4.78, 5) is 4.87. The van der Waals surface area contributed by atoms with Crippen LogP contribution in [0.15, 0.2) is 223 Å². The average Bonchev–Trinajstić information content (AvgIpc) is 3.73. The number of aryl methyl sites for hydroxylation is 4. The minimum atomic E-state index is -0.159. The Labute approximate surface area is 477 Å². The highest BCUT2D eigenvalue weighted by atomic mass is 15.2. The van der Waals surface area contributed by atoms with Crippen LogP contribution in [0.1, 0.15) is 140 Å². The van der Waals surface area contributed by atoms with Gasteiger partial charge >= 0.3 is 0 Å². The minimum absolute atomic E-state index is 0.0534. The summed E-state index contributed by atoms with van der Waals surface area (Å²) in [6.45, 7) is 29.6. The molecule has 0 N–H and O–H groups in total. The highest BCUT2D eigenvalue weighted by molar-refractivity contribution is 5.88. The van der Waals surface area contributed by atoms with E-state index in [0.717, 1.165) is 24.0 Å². The first-order valence-electron chi connectivity index (χ1n) is 28.8. The molecule has 0 heterocycles. The fourth-order valence-electron chi connectivity index (χ4n) is 13.4. The van der Waals surface area contributed by atoms with Gasteiger partial charge in [-0.3, -0.25) is 0 Å². The van der Waals surface area contributed by atoms with E-state index in [1.807, 2.05) is 0 Å². The molecule has 5 aliphatic carbocycles. The highest BCUT2D eigenvalue weighted by Gasteiger charge is 2.46. The molecule has 0 saturated heterocycles. The molecule has 2 heteroatoms. The van der Waals surface area contributed by atoms with Gasteiger partial charge in [-0.15, -0.1) is 0 Å². The Morgan fingerprint density at radius 2 is 1.07 bits per heavy atom. The summed E-state index contributed by atoms with van der Waals surface area (Å²) in [5, 5.41) is 0. The van der Waals surface area contributed by atoms with Gasteiger partial charge in [-0.05, 0) is 199 Å². The van der Waals surface area contributed by atoms with Crippen LogP contribution < -0.4 is 9.80 Å². The SMILES string of the molecule is C=C(C#Cc1ccc2c(c1)C(C)(C)C1=C2CCC(N(c2ccc(C)cc2)c2ccc(C)cc2)=C1)/C=C\C1=C(C)C(C)(C)c2cc(/C=C/c3ccc4c(c3)C(C)(C)C3C=C(N(c5ccc(C)cc5)c5ccc(C)cc5)C=CC43)ccc21. The third-order valence-electron chi connectivity index (χ3n) is 18.5. The van der Waals surface area contributed by atoms with E-state index >= 15 is 0 Å². The van der Waals surface area contributed by atoms with Crippen molar-refractivity contribution < 1.29 is 0 Å². The van der Waals surface area contributed by atoms with Gasteiger partial charge in [0.2, 0.25) is 0 Å². The van der Waals surface area contributed by atoms with Gasteiger partial charge < -0.3 is 9.80 Å². The zero-order chi connectivity index (χ0) is 55.8. The van der Waals surface area contributed by atoms with Gasteiger partial charge in [0.15, 0.2) is 0 Å². The van der Waals surface area contributed by atoms with Crippen molar-refractivity contribution in [2.45, 2.75) is 111 Å². The molecule has 0 radical (unpaired) electrons. The van der Waals surface area contributed by atoms with Crippen molar-refractivity contribution in [3.63, 3.8) is 0 Å². The number of anilines is 4. The lowest BCUT2D eigenvalue weighted by Gasteiger charge is -2.34. The third-order valence-corrected chi connectivity index (χ3v) is 18.5. The number of nitrogens with zero attached hydrogens (tertiary/aromatic N) is 2. The van der Waals surface area contributed by atoms with Gasteiger partial charge in [-0.2, -0.15) is 0 Å². The predicted octanol–water partition coefficient (Wildman–Crippen LogP) is 20.2. The van der Waals surface area contributed by atoms with E-state index in [9.17, 15) is 0 Å². The molecule has 0 aromatic heterocycles. The van der Waals surface area contributed by atoms with Crippen LogP contribution in [-0.4, -0.2) is 0 Å². The van der Waals surface area contributed by atoms with Gasteiger partial charge in [0.1, 0.15) is 0 Å². The monoisotopic (exact) mass is 1040 g/mol. The Balaban J connectivity index is 0.741. The molecule has 2 unspecified atom stereocenters. The van der Waals surface area contributed by atoms with E-state index in [4.69, 9.17) is 0 Å². The van der Waals surface area contributed by atoms with Crippen LogP contribution in [-0.2, 0) is 16.2 Å². The summed E-state index contributed by atoms with van der Waals surface area (Å²) in [6, 6.07) is 56.6. The molecule has 5 aliphatic rings. The fraction of sp³-hybridized carbons (Fsp3) is 0.231. The second-order valence-electron chi connectivity index (χ2n) is 24.9. The van der Waals surface area contributed by atoms with Crippen molar-refractivity contribution >= 4 is 46.0 Å². The number of allylic oxidation sites excluding steroid dienone is 12. The second-order valence-corrected chi connectivity index (χ2v) is 24.9. The lowest BCUT2D eigenvalue weighted by atomic mass is 9.74. The lowest BCUT2D eigenvalue weighted by Crippen LogP contribution is -2.28. The zero-order valence-electron chi connectivity index (χ0n) is 48.7. The molecule has 0 saturated carbocycles.